The lowest BCUT2D eigenvalue weighted by atomic mass is 10.6. The minimum atomic E-state index is 1.18. The molecule has 0 aromatic heterocycles. The van der Waals surface area contributed by atoms with Gasteiger partial charge in [0.2, 0.25) is 0 Å². The van der Waals surface area contributed by atoms with E-state index in [1.54, 1.807) is 0 Å². The van der Waals surface area contributed by atoms with Gasteiger partial charge in [0.1, 0.15) is 0 Å². The topological polar surface area (TPSA) is 12.0 Å². The van der Waals surface area contributed by atoms with Gasteiger partial charge in [-0.05, 0) is 24.3 Å². The third-order valence-electron chi connectivity index (χ3n) is 1.54. The summed E-state index contributed by atoms with van der Waals surface area (Å²) in [6, 6.07) is 0. The van der Waals surface area contributed by atoms with Gasteiger partial charge in [-0.1, -0.05) is 13.8 Å². The first-order valence-electron chi connectivity index (χ1n) is 5.28. The predicted octanol–water partition coefficient (Wildman–Crippen LogP) is 2.86. The van der Waals surface area contributed by atoms with Gasteiger partial charge >= 0.3 is 0 Å². The number of hydrogen-bond acceptors (Lipinski definition) is 3. The highest BCUT2D eigenvalue weighted by Gasteiger charge is 1.89. The molecule has 1 nitrogen and oxygen atoms in total. The molecule has 0 saturated heterocycles. The molecule has 0 aliphatic rings. The van der Waals surface area contributed by atoms with Gasteiger partial charge in [0.15, 0.2) is 0 Å². The Morgan fingerprint density at radius 1 is 0.769 bits per heavy atom. The average Bonchev–Trinajstić information content (AvgIpc) is 2.16. The van der Waals surface area contributed by atoms with Crippen LogP contribution in [-0.4, -0.2) is 36.1 Å². The van der Waals surface area contributed by atoms with E-state index in [1.165, 1.54) is 48.9 Å². The molecule has 13 heavy (non-hydrogen) atoms. The molecule has 0 aromatic carbocycles. The van der Waals surface area contributed by atoms with Gasteiger partial charge in [0.25, 0.3) is 0 Å². The molecule has 0 spiro atoms. The first-order valence-corrected chi connectivity index (χ1v) is 7.59. The summed E-state index contributed by atoms with van der Waals surface area (Å²) in [7, 11) is 0. The van der Waals surface area contributed by atoms with Crippen LogP contribution in [0.25, 0.3) is 0 Å². The zero-order valence-corrected chi connectivity index (χ0v) is 10.6. The van der Waals surface area contributed by atoms with Crippen LogP contribution in [0.4, 0.5) is 0 Å². The van der Waals surface area contributed by atoms with Gasteiger partial charge < -0.3 is 5.32 Å². The van der Waals surface area contributed by atoms with Crippen LogP contribution in [0, 0.1) is 0 Å². The Labute approximate surface area is 91.8 Å². The smallest absolute Gasteiger partial charge is 0.00581 e. The van der Waals surface area contributed by atoms with E-state index in [1.807, 2.05) is 0 Å². The Bertz CT molecular complexity index is 79.0. The van der Waals surface area contributed by atoms with Gasteiger partial charge in [-0.3, -0.25) is 0 Å². The van der Waals surface area contributed by atoms with Crippen molar-refractivity contribution in [2.45, 2.75) is 26.7 Å². The summed E-state index contributed by atoms with van der Waals surface area (Å²) in [5.74, 6) is 5.16. The molecule has 3 heteroatoms. The fourth-order valence-electron chi connectivity index (χ4n) is 0.906. The highest BCUT2D eigenvalue weighted by Crippen LogP contribution is 2.01. The predicted molar refractivity (Wildman–Crippen MR) is 68.1 cm³/mol. The largest absolute Gasteiger partial charge is 0.315 e. The SMILES string of the molecule is CCCSCCNCCSCCC. The summed E-state index contributed by atoms with van der Waals surface area (Å²) in [5, 5.41) is 3.46. The Balaban J connectivity index is 2.76. The standard InChI is InChI=1S/C10H23NS2/c1-3-7-12-9-5-11-6-10-13-8-4-2/h11H,3-10H2,1-2H3. The molecular weight excluding hydrogens is 198 g/mol. The third-order valence-corrected chi connectivity index (χ3v) is 3.92. The second kappa shape index (κ2) is 12.7. The van der Waals surface area contributed by atoms with Crippen molar-refractivity contribution in [1.82, 2.24) is 5.32 Å². The highest BCUT2D eigenvalue weighted by molar-refractivity contribution is 7.99. The normalized spacial score (nSPS) is 10.6. The Hall–Kier alpha value is 0.660. The Morgan fingerprint density at radius 2 is 1.23 bits per heavy atom. The number of thioether (sulfide) groups is 2. The van der Waals surface area contributed by atoms with Gasteiger partial charge in [-0.15, -0.1) is 0 Å². The molecule has 0 aliphatic carbocycles. The van der Waals surface area contributed by atoms with Crippen molar-refractivity contribution in [3.05, 3.63) is 0 Å². The molecule has 0 fully saturated rings. The molecule has 80 valence electrons. The molecule has 0 radical (unpaired) electrons. The van der Waals surface area contributed by atoms with Crippen LogP contribution in [0.1, 0.15) is 26.7 Å². The molecular formula is C10H23NS2. The molecule has 0 rings (SSSR count). The summed E-state index contributed by atoms with van der Waals surface area (Å²) in [6.07, 6.45) is 2.61. The molecule has 0 aromatic rings. The maximum atomic E-state index is 3.46. The lowest BCUT2D eigenvalue weighted by molar-refractivity contribution is 0.773. The quantitative estimate of drug-likeness (QED) is 0.570. The zero-order chi connectivity index (χ0) is 9.78. The number of rotatable bonds is 10. The third kappa shape index (κ3) is 12.7. The summed E-state index contributed by atoms with van der Waals surface area (Å²) < 4.78 is 0. The maximum Gasteiger partial charge on any atom is 0.00581 e. The van der Waals surface area contributed by atoms with E-state index < -0.39 is 0 Å². The zero-order valence-electron chi connectivity index (χ0n) is 8.97. The summed E-state index contributed by atoms with van der Waals surface area (Å²) in [4.78, 5) is 0. The van der Waals surface area contributed by atoms with E-state index in [4.69, 9.17) is 0 Å². The first kappa shape index (κ1) is 13.7. The van der Waals surface area contributed by atoms with Crippen LogP contribution in [0.15, 0.2) is 0 Å². The van der Waals surface area contributed by atoms with Crippen molar-refractivity contribution in [2.75, 3.05) is 36.1 Å². The van der Waals surface area contributed by atoms with Gasteiger partial charge in [-0.2, -0.15) is 23.5 Å². The van der Waals surface area contributed by atoms with E-state index in [2.05, 4.69) is 42.7 Å². The Morgan fingerprint density at radius 3 is 1.62 bits per heavy atom. The summed E-state index contributed by atoms with van der Waals surface area (Å²) >= 11 is 4.10. The fourth-order valence-corrected chi connectivity index (χ4v) is 2.47. The Kier molecular flexibility index (Phi) is 13.3. The highest BCUT2D eigenvalue weighted by atomic mass is 32.2. The molecule has 0 bridgehead atoms. The molecule has 0 amide bonds. The summed E-state index contributed by atoms with van der Waals surface area (Å²) in [5.41, 5.74) is 0. The molecule has 0 saturated carbocycles. The van der Waals surface area contributed by atoms with Crippen LogP contribution >= 0.6 is 23.5 Å². The molecule has 0 unspecified atom stereocenters. The van der Waals surface area contributed by atoms with Gasteiger partial charge in [0.05, 0.1) is 0 Å². The van der Waals surface area contributed by atoms with Crippen LogP contribution in [0.5, 0.6) is 0 Å². The van der Waals surface area contributed by atoms with Crippen molar-refractivity contribution < 1.29 is 0 Å². The second-order valence-electron chi connectivity index (χ2n) is 2.97. The van der Waals surface area contributed by atoms with Crippen LogP contribution in [0.2, 0.25) is 0 Å². The molecule has 0 aliphatic heterocycles. The van der Waals surface area contributed by atoms with Crippen molar-refractivity contribution in [3.8, 4) is 0 Å². The van der Waals surface area contributed by atoms with Crippen molar-refractivity contribution in [2.24, 2.45) is 0 Å². The van der Waals surface area contributed by atoms with Gasteiger partial charge in [0, 0.05) is 24.6 Å². The van der Waals surface area contributed by atoms with Gasteiger partial charge in [-0.25, -0.2) is 0 Å². The maximum absolute atomic E-state index is 3.46. The molecule has 0 heterocycles. The fraction of sp³-hybridized carbons (Fsp3) is 1.00. The van der Waals surface area contributed by atoms with E-state index in [9.17, 15) is 0 Å². The minimum absolute atomic E-state index is 1.18. The lowest BCUT2D eigenvalue weighted by Crippen LogP contribution is -2.20. The van der Waals surface area contributed by atoms with E-state index in [0.29, 0.717) is 0 Å². The second-order valence-corrected chi connectivity index (χ2v) is 5.42. The van der Waals surface area contributed by atoms with Crippen molar-refractivity contribution in [3.63, 3.8) is 0 Å². The summed E-state index contributed by atoms with van der Waals surface area (Å²) in [6.45, 7) is 6.83. The van der Waals surface area contributed by atoms with E-state index in [-0.39, 0.29) is 0 Å². The van der Waals surface area contributed by atoms with Crippen molar-refractivity contribution in [1.29, 1.82) is 0 Å². The lowest BCUT2D eigenvalue weighted by Gasteiger charge is -2.03. The van der Waals surface area contributed by atoms with Crippen molar-refractivity contribution >= 4 is 23.5 Å². The van der Waals surface area contributed by atoms with E-state index >= 15 is 0 Å². The number of hydrogen-bond donors (Lipinski definition) is 1. The average molecular weight is 221 g/mol. The van der Waals surface area contributed by atoms with Crippen LogP contribution in [0.3, 0.4) is 0 Å². The number of nitrogens with one attached hydrogen (secondary N) is 1. The molecule has 0 atom stereocenters. The van der Waals surface area contributed by atoms with E-state index in [0.717, 1.165) is 0 Å². The minimum Gasteiger partial charge on any atom is -0.315 e. The molecule has 1 N–H and O–H groups in total. The van der Waals surface area contributed by atoms with Crippen LogP contribution in [-0.2, 0) is 0 Å². The van der Waals surface area contributed by atoms with Crippen LogP contribution < -0.4 is 5.32 Å². The monoisotopic (exact) mass is 221 g/mol. The first-order chi connectivity index (χ1) is 6.41.